The Bertz CT molecular complexity index is 956. The second-order valence-corrected chi connectivity index (χ2v) is 6.02. The fraction of sp³-hybridized carbons (Fsp3) is 0.0714. The maximum absolute atomic E-state index is 13.4. The van der Waals surface area contributed by atoms with Gasteiger partial charge in [-0.05, 0) is 30.4 Å². The first-order chi connectivity index (χ1) is 10.0. The number of benzene rings is 1. The molecular weight excluding hydrogens is 311 g/mol. The molecule has 7 heteroatoms. The zero-order valence-corrected chi connectivity index (χ0v) is 12.3. The van der Waals surface area contributed by atoms with Crippen LogP contribution in [0.1, 0.15) is 4.88 Å². The van der Waals surface area contributed by atoms with Crippen molar-refractivity contribution in [3.63, 3.8) is 0 Å². The molecule has 1 aliphatic rings. The van der Waals surface area contributed by atoms with Crippen LogP contribution in [0.5, 0.6) is 5.88 Å². The minimum Gasteiger partial charge on any atom is -0.493 e. The molecule has 1 N–H and O–H groups in total. The number of amides is 1. The Kier molecular flexibility index (Phi) is 3.30. The van der Waals surface area contributed by atoms with Gasteiger partial charge in [0.05, 0.1) is 10.9 Å². The Hall–Kier alpha value is -2.12. The molecule has 0 atom stereocenters. The van der Waals surface area contributed by atoms with E-state index in [1.165, 1.54) is 22.8 Å². The van der Waals surface area contributed by atoms with E-state index in [4.69, 9.17) is 12.2 Å². The Morgan fingerprint density at radius 3 is 3.00 bits per heavy atom. The molecule has 0 unspecified atom stereocenters. The van der Waals surface area contributed by atoms with Gasteiger partial charge in [-0.1, -0.05) is 6.08 Å². The Morgan fingerprint density at radius 1 is 1.52 bits per heavy atom. The van der Waals surface area contributed by atoms with E-state index in [0.717, 1.165) is 11.3 Å². The fourth-order valence-corrected chi connectivity index (χ4v) is 3.51. The van der Waals surface area contributed by atoms with Crippen LogP contribution >= 0.6 is 23.6 Å². The lowest BCUT2D eigenvalue weighted by atomic mass is 10.1. The highest BCUT2D eigenvalue weighted by Crippen LogP contribution is 2.32. The van der Waals surface area contributed by atoms with E-state index >= 15 is 0 Å². The lowest BCUT2D eigenvalue weighted by Crippen LogP contribution is -2.23. The normalized spacial score (nSPS) is 13.2. The number of nitrogens with zero attached hydrogens (tertiary/aromatic N) is 2. The Balaban J connectivity index is 2.36. The van der Waals surface area contributed by atoms with Crippen molar-refractivity contribution in [3.8, 4) is 5.88 Å². The molecule has 3 rings (SSSR count). The molecule has 0 bridgehead atoms. The highest BCUT2D eigenvalue weighted by atomic mass is 32.1. The quantitative estimate of drug-likeness (QED) is 0.691. The van der Waals surface area contributed by atoms with Gasteiger partial charge in [-0.3, -0.25) is 9.36 Å². The molecule has 106 valence electrons. The summed E-state index contributed by atoms with van der Waals surface area (Å²) in [6.07, 6.45) is 1.59. The van der Waals surface area contributed by atoms with Crippen LogP contribution in [-0.2, 0) is 11.3 Å². The van der Waals surface area contributed by atoms with Crippen LogP contribution in [0.2, 0.25) is 0 Å². The molecule has 1 amide bonds. The number of aromatic hydroxyl groups is 1. The van der Waals surface area contributed by atoms with Crippen LogP contribution in [0, 0.1) is 9.77 Å². The van der Waals surface area contributed by atoms with Crippen LogP contribution in [-0.4, -0.2) is 15.6 Å². The Labute approximate surface area is 127 Å². The standard InChI is InChI=1S/C14H9FN2O2S2/c1-2-5-17-13(19)11(21-14(17)20)10-8-6-7(15)3-4-9(8)16-12(10)18/h2-4,6,19H,1,5H2. The number of fused-ring (bicyclic) bond motifs is 1. The maximum Gasteiger partial charge on any atom is 0.279 e. The molecule has 4 nitrogen and oxygen atoms in total. The molecule has 1 aliphatic heterocycles. The first kappa shape index (κ1) is 13.8. The van der Waals surface area contributed by atoms with Gasteiger partial charge >= 0.3 is 0 Å². The summed E-state index contributed by atoms with van der Waals surface area (Å²) in [4.78, 5) is 16.3. The summed E-state index contributed by atoms with van der Waals surface area (Å²) in [5, 5.41) is 11.0. The second-order valence-electron chi connectivity index (χ2n) is 4.37. The van der Waals surface area contributed by atoms with Crippen molar-refractivity contribution in [1.82, 2.24) is 4.57 Å². The third-order valence-electron chi connectivity index (χ3n) is 3.07. The molecular formula is C14H9FN2O2S2. The van der Waals surface area contributed by atoms with E-state index < -0.39 is 11.7 Å². The van der Waals surface area contributed by atoms with Crippen molar-refractivity contribution in [2.75, 3.05) is 0 Å². The molecule has 21 heavy (non-hydrogen) atoms. The van der Waals surface area contributed by atoms with Crippen molar-refractivity contribution in [2.45, 2.75) is 6.54 Å². The van der Waals surface area contributed by atoms with Crippen LogP contribution in [0.15, 0.2) is 35.8 Å². The first-order valence-electron chi connectivity index (χ1n) is 5.99. The predicted molar refractivity (Wildman–Crippen MR) is 79.7 cm³/mol. The SMILES string of the molecule is C=CCn1c(O)c(C2=c3cc(F)ccc3=NC2=O)sc1=S. The monoisotopic (exact) mass is 320 g/mol. The molecule has 2 aromatic rings. The van der Waals surface area contributed by atoms with E-state index in [-0.39, 0.29) is 11.5 Å². The van der Waals surface area contributed by atoms with Crippen molar-refractivity contribution in [1.29, 1.82) is 0 Å². The summed E-state index contributed by atoms with van der Waals surface area (Å²) < 4.78 is 15.3. The van der Waals surface area contributed by atoms with Crippen LogP contribution < -0.4 is 10.6 Å². The highest BCUT2D eigenvalue weighted by molar-refractivity contribution is 7.73. The average molecular weight is 320 g/mol. The molecule has 0 saturated carbocycles. The number of allylic oxidation sites excluding steroid dienone is 1. The van der Waals surface area contributed by atoms with E-state index in [2.05, 4.69) is 11.6 Å². The van der Waals surface area contributed by atoms with Gasteiger partial charge in [0.1, 0.15) is 10.7 Å². The largest absolute Gasteiger partial charge is 0.493 e. The van der Waals surface area contributed by atoms with E-state index in [1.54, 1.807) is 6.08 Å². The molecule has 0 aliphatic carbocycles. The van der Waals surface area contributed by atoms with E-state index in [9.17, 15) is 14.3 Å². The third-order valence-corrected chi connectivity index (χ3v) is 4.53. The molecule has 0 spiro atoms. The van der Waals surface area contributed by atoms with Crippen LogP contribution in [0.25, 0.3) is 5.57 Å². The molecule has 1 aromatic heterocycles. The van der Waals surface area contributed by atoms with Gasteiger partial charge in [0.25, 0.3) is 5.91 Å². The maximum atomic E-state index is 13.4. The van der Waals surface area contributed by atoms with Gasteiger partial charge < -0.3 is 5.11 Å². The third kappa shape index (κ3) is 2.14. The van der Waals surface area contributed by atoms with Crippen molar-refractivity contribution >= 4 is 35.0 Å². The minimum absolute atomic E-state index is 0.124. The van der Waals surface area contributed by atoms with Gasteiger partial charge in [-0.2, -0.15) is 0 Å². The molecule has 0 fully saturated rings. The van der Waals surface area contributed by atoms with E-state index in [0.29, 0.717) is 26.0 Å². The summed E-state index contributed by atoms with van der Waals surface area (Å²) in [6, 6.07) is 3.91. The first-order valence-corrected chi connectivity index (χ1v) is 7.22. The van der Waals surface area contributed by atoms with E-state index in [1.807, 2.05) is 0 Å². The average Bonchev–Trinajstić information content (AvgIpc) is 2.89. The van der Waals surface area contributed by atoms with Crippen LogP contribution in [0.4, 0.5) is 4.39 Å². The van der Waals surface area contributed by atoms with Gasteiger partial charge in [0.2, 0.25) is 5.88 Å². The Morgan fingerprint density at radius 2 is 2.29 bits per heavy atom. The zero-order chi connectivity index (χ0) is 15.1. The number of hydrogen-bond acceptors (Lipinski definition) is 4. The molecule has 0 saturated heterocycles. The highest BCUT2D eigenvalue weighted by Gasteiger charge is 2.25. The van der Waals surface area contributed by atoms with Gasteiger partial charge in [0, 0.05) is 11.8 Å². The number of thiazole rings is 1. The fourth-order valence-electron chi connectivity index (χ4n) is 2.16. The summed E-state index contributed by atoms with van der Waals surface area (Å²) in [6.45, 7) is 3.92. The topological polar surface area (TPSA) is 54.6 Å². The number of hydrogen-bond donors (Lipinski definition) is 1. The minimum atomic E-state index is -0.507. The van der Waals surface area contributed by atoms with Crippen LogP contribution in [0.3, 0.4) is 0 Å². The second kappa shape index (κ2) is 5.01. The number of carbonyl (C=O) groups is 1. The summed E-state index contributed by atoms with van der Waals surface area (Å²) >= 11 is 6.26. The predicted octanol–water partition coefficient (Wildman–Crippen LogP) is 1.67. The number of halogens is 1. The lowest BCUT2D eigenvalue weighted by molar-refractivity contribution is -0.112. The molecule has 1 aromatic carbocycles. The molecule has 0 radical (unpaired) electrons. The summed E-state index contributed by atoms with van der Waals surface area (Å²) in [5.41, 5.74) is 0.181. The molecule has 2 heterocycles. The van der Waals surface area contributed by atoms with Crippen molar-refractivity contribution in [2.24, 2.45) is 4.99 Å². The van der Waals surface area contributed by atoms with Gasteiger partial charge in [-0.25, -0.2) is 9.38 Å². The van der Waals surface area contributed by atoms with Gasteiger partial charge in [-0.15, -0.1) is 17.9 Å². The summed E-state index contributed by atoms with van der Waals surface area (Å²) in [5.74, 6) is -1.10. The van der Waals surface area contributed by atoms with Crippen molar-refractivity contribution in [3.05, 3.63) is 56.1 Å². The van der Waals surface area contributed by atoms with Crippen molar-refractivity contribution < 1.29 is 14.3 Å². The number of aromatic nitrogens is 1. The number of carbonyl (C=O) groups excluding carboxylic acids is 1. The zero-order valence-electron chi connectivity index (χ0n) is 10.7. The number of rotatable bonds is 3. The summed E-state index contributed by atoms with van der Waals surface area (Å²) in [7, 11) is 0. The van der Waals surface area contributed by atoms with Gasteiger partial charge in [0.15, 0.2) is 3.95 Å². The lowest BCUT2D eigenvalue weighted by Gasteiger charge is -2.01. The smallest absolute Gasteiger partial charge is 0.279 e.